The second-order valence-electron chi connectivity index (χ2n) is 6.96. The van der Waals surface area contributed by atoms with Crippen LogP contribution in [-0.4, -0.2) is 19.0 Å². The van der Waals surface area contributed by atoms with Crippen LogP contribution in [-0.2, 0) is 0 Å². The summed E-state index contributed by atoms with van der Waals surface area (Å²) >= 11 is 3.44. The zero-order chi connectivity index (χ0) is 17.8. The van der Waals surface area contributed by atoms with Gasteiger partial charge in [-0.25, -0.2) is 0 Å². The maximum atomic E-state index is 12.5. The first-order valence-corrected chi connectivity index (χ1v) is 9.74. The van der Waals surface area contributed by atoms with Gasteiger partial charge in [-0.05, 0) is 71.4 Å². The van der Waals surface area contributed by atoms with E-state index in [9.17, 15) is 4.79 Å². The Hall–Kier alpha value is -1.81. The van der Waals surface area contributed by atoms with Crippen LogP contribution >= 0.6 is 15.9 Å². The van der Waals surface area contributed by atoms with Crippen LogP contribution in [0.4, 0.5) is 5.69 Å². The molecule has 2 atom stereocenters. The van der Waals surface area contributed by atoms with Crippen LogP contribution in [0.5, 0.6) is 0 Å². The molecule has 0 unspecified atom stereocenters. The van der Waals surface area contributed by atoms with Crippen LogP contribution < -0.4 is 10.2 Å². The number of piperidine rings is 1. The molecule has 1 fully saturated rings. The number of halogens is 1. The zero-order valence-electron chi connectivity index (χ0n) is 14.8. The Balaban J connectivity index is 1.65. The van der Waals surface area contributed by atoms with Crippen molar-refractivity contribution in [3.05, 3.63) is 64.1 Å². The van der Waals surface area contributed by atoms with E-state index in [1.807, 2.05) is 31.2 Å². The summed E-state index contributed by atoms with van der Waals surface area (Å²) in [6.45, 7) is 6.61. The number of nitrogens with one attached hydrogen (secondary N) is 1. The number of rotatable bonds is 4. The van der Waals surface area contributed by atoms with E-state index in [1.165, 1.54) is 18.5 Å². The maximum absolute atomic E-state index is 12.5. The summed E-state index contributed by atoms with van der Waals surface area (Å²) in [5, 5.41) is 3.08. The van der Waals surface area contributed by atoms with Gasteiger partial charge < -0.3 is 10.2 Å². The Morgan fingerprint density at radius 2 is 1.92 bits per heavy atom. The van der Waals surface area contributed by atoms with E-state index in [0.29, 0.717) is 5.56 Å². The molecule has 1 amide bonds. The monoisotopic (exact) mass is 400 g/mol. The molecule has 1 aliphatic heterocycles. The number of carbonyl (C=O) groups is 1. The quantitative estimate of drug-likeness (QED) is 0.766. The predicted octanol–water partition coefficient (Wildman–Crippen LogP) is 5.18. The highest BCUT2D eigenvalue weighted by Crippen LogP contribution is 2.25. The molecule has 1 N–H and O–H groups in total. The number of nitrogens with zero attached hydrogens (tertiary/aromatic N) is 1. The van der Waals surface area contributed by atoms with Gasteiger partial charge in [-0.15, -0.1) is 0 Å². The van der Waals surface area contributed by atoms with Gasteiger partial charge in [0.05, 0.1) is 11.6 Å². The average Bonchev–Trinajstić information content (AvgIpc) is 2.62. The first-order valence-electron chi connectivity index (χ1n) is 8.95. The van der Waals surface area contributed by atoms with E-state index in [2.05, 4.69) is 57.3 Å². The minimum Gasteiger partial charge on any atom is -0.371 e. The van der Waals surface area contributed by atoms with E-state index in [-0.39, 0.29) is 11.9 Å². The van der Waals surface area contributed by atoms with Gasteiger partial charge in [0.15, 0.2) is 0 Å². The predicted molar refractivity (Wildman–Crippen MR) is 107 cm³/mol. The standard InChI is InChI=1S/C21H25BrN2O/c1-15-6-5-13-24(14-15)18-11-9-17(10-12-18)16(2)23-21(25)19-7-3-4-8-20(19)22/h3-4,7-12,15-16H,5-6,13-14H2,1-2H3,(H,23,25)/t15-,16+/m1/s1. The normalized spacial score (nSPS) is 18.7. The maximum Gasteiger partial charge on any atom is 0.252 e. The number of amides is 1. The van der Waals surface area contributed by atoms with Gasteiger partial charge in [0.1, 0.15) is 0 Å². The van der Waals surface area contributed by atoms with Crippen LogP contribution in [0, 0.1) is 5.92 Å². The summed E-state index contributed by atoms with van der Waals surface area (Å²) in [7, 11) is 0. The lowest BCUT2D eigenvalue weighted by atomic mass is 9.99. The molecule has 4 heteroatoms. The van der Waals surface area contributed by atoms with Gasteiger partial charge in [0.2, 0.25) is 0 Å². The van der Waals surface area contributed by atoms with Gasteiger partial charge in [0, 0.05) is 23.2 Å². The third-order valence-corrected chi connectivity index (χ3v) is 5.57. The molecule has 2 aromatic rings. The molecule has 1 heterocycles. The molecule has 132 valence electrons. The molecule has 2 aromatic carbocycles. The summed E-state index contributed by atoms with van der Waals surface area (Å²) in [5.41, 5.74) is 3.06. The van der Waals surface area contributed by atoms with Crippen molar-refractivity contribution in [2.45, 2.75) is 32.7 Å². The molecule has 3 rings (SSSR count). The second-order valence-corrected chi connectivity index (χ2v) is 7.81. The number of anilines is 1. The van der Waals surface area contributed by atoms with Crippen molar-refractivity contribution < 1.29 is 4.79 Å². The Bertz CT molecular complexity index is 729. The van der Waals surface area contributed by atoms with Crippen molar-refractivity contribution in [1.82, 2.24) is 5.32 Å². The largest absolute Gasteiger partial charge is 0.371 e. The summed E-state index contributed by atoms with van der Waals surface area (Å²) in [5.74, 6) is 0.699. The molecular weight excluding hydrogens is 376 g/mol. The van der Waals surface area contributed by atoms with E-state index in [4.69, 9.17) is 0 Å². The third-order valence-electron chi connectivity index (χ3n) is 4.88. The lowest BCUT2D eigenvalue weighted by Crippen LogP contribution is -2.34. The van der Waals surface area contributed by atoms with E-state index in [0.717, 1.165) is 29.0 Å². The van der Waals surface area contributed by atoms with Gasteiger partial charge in [0.25, 0.3) is 5.91 Å². The van der Waals surface area contributed by atoms with E-state index in [1.54, 1.807) is 0 Å². The molecule has 0 aromatic heterocycles. The summed E-state index contributed by atoms with van der Waals surface area (Å²) in [4.78, 5) is 14.9. The number of carbonyl (C=O) groups excluding carboxylic acids is 1. The lowest BCUT2D eigenvalue weighted by molar-refractivity contribution is 0.0939. The van der Waals surface area contributed by atoms with Crippen LogP contribution in [0.25, 0.3) is 0 Å². The lowest BCUT2D eigenvalue weighted by Gasteiger charge is -2.33. The van der Waals surface area contributed by atoms with Gasteiger partial charge in [-0.3, -0.25) is 4.79 Å². The minimum atomic E-state index is -0.0612. The molecule has 3 nitrogen and oxygen atoms in total. The zero-order valence-corrected chi connectivity index (χ0v) is 16.4. The highest BCUT2D eigenvalue weighted by Gasteiger charge is 2.17. The van der Waals surface area contributed by atoms with Gasteiger partial charge in [-0.1, -0.05) is 31.2 Å². The van der Waals surface area contributed by atoms with Crippen LogP contribution in [0.3, 0.4) is 0 Å². The van der Waals surface area contributed by atoms with E-state index < -0.39 is 0 Å². The number of benzene rings is 2. The fourth-order valence-corrected chi connectivity index (χ4v) is 3.87. The number of hydrogen-bond acceptors (Lipinski definition) is 2. The van der Waals surface area contributed by atoms with Crippen LogP contribution in [0.2, 0.25) is 0 Å². The Labute approximate surface area is 158 Å². The molecule has 1 aliphatic rings. The fourth-order valence-electron chi connectivity index (χ4n) is 3.40. The highest BCUT2D eigenvalue weighted by atomic mass is 79.9. The summed E-state index contributed by atoms with van der Waals surface area (Å²) < 4.78 is 0.814. The first-order chi connectivity index (χ1) is 12.0. The molecule has 1 saturated heterocycles. The molecular formula is C21H25BrN2O. The average molecular weight is 401 g/mol. The van der Waals surface area contributed by atoms with Crippen molar-refractivity contribution in [3.8, 4) is 0 Å². The van der Waals surface area contributed by atoms with Gasteiger partial charge in [-0.2, -0.15) is 0 Å². The fraction of sp³-hybridized carbons (Fsp3) is 0.381. The molecule has 25 heavy (non-hydrogen) atoms. The molecule has 0 saturated carbocycles. The summed E-state index contributed by atoms with van der Waals surface area (Å²) in [6, 6.07) is 16.1. The molecule has 0 spiro atoms. The van der Waals surface area contributed by atoms with Crippen LogP contribution in [0.15, 0.2) is 53.0 Å². The SMILES string of the molecule is C[C@@H]1CCCN(c2ccc([C@H](C)NC(=O)c3ccccc3Br)cc2)C1. The second kappa shape index (κ2) is 8.05. The Morgan fingerprint density at radius 1 is 1.20 bits per heavy atom. The third kappa shape index (κ3) is 4.43. The minimum absolute atomic E-state index is 0.0334. The van der Waals surface area contributed by atoms with Crippen molar-refractivity contribution in [2.75, 3.05) is 18.0 Å². The Kier molecular flexibility index (Phi) is 5.79. The molecule has 0 radical (unpaired) electrons. The van der Waals surface area contributed by atoms with Crippen molar-refractivity contribution in [3.63, 3.8) is 0 Å². The smallest absolute Gasteiger partial charge is 0.252 e. The first kappa shape index (κ1) is 18.0. The van der Waals surface area contributed by atoms with Crippen molar-refractivity contribution >= 4 is 27.5 Å². The van der Waals surface area contributed by atoms with Crippen molar-refractivity contribution in [2.24, 2.45) is 5.92 Å². The van der Waals surface area contributed by atoms with E-state index >= 15 is 0 Å². The Morgan fingerprint density at radius 3 is 2.60 bits per heavy atom. The van der Waals surface area contributed by atoms with Crippen LogP contribution in [0.1, 0.15) is 48.7 Å². The van der Waals surface area contributed by atoms with Gasteiger partial charge >= 0.3 is 0 Å². The molecule has 0 aliphatic carbocycles. The highest BCUT2D eigenvalue weighted by molar-refractivity contribution is 9.10. The summed E-state index contributed by atoms with van der Waals surface area (Å²) in [6.07, 6.45) is 2.59. The molecule has 0 bridgehead atoms. The topological polar surface area (TPSA) is 32.3 Å². The van der Waals surface area contributed by atoms with Crippen molar-refractivity contribution in [1.29, 1.82) is 0 Å². The number of hydrogen-bond donors (Lipinski definition) is 1.